The summed E-state index contributed by atoms with van der Waals surface area (Å²) < 4.78 is 28.3. The molecule has 0 heterocycles. The van der Waals surface area contributed by atoms with Gasteiger partial charge in [0, 0.05) is 0 Å². The van der Waals surface area contributed by atoms with E-state index in [0.29, 0.717) is 4.90 Å². The first kappa shape index (κ1) is 19.2. The average molecular weight is 327 g/mol. The molecule has 1 aromatic carbocycles. The molecular weight excluding hydrogens is 296 g/mol. The Hall–Kier alpha value is -0.870. The summed E-state index contributed by atoms with van der Waals surface area (Å²) in [5.74, 6) is 0. The monoisotopic (exact) mass is 326 g/mol. The smallest absolute Gasteiger partial charge is 0.270 e. The molecule has 0 saturated carbocycles. The molecule has 0 spiro atoms. The molecule has 0 aromatic heterocycles. The van der Waals surface area contributed by atoms with Gasteiger partial charge >= 0.3 is 0 Å². The molecular formula is C18H30O3S. The van der Waals surface area contributed by atoms with Crippen LogP contribution < -0.4 is 0 Å². The summed E-state index contributed by atoms with van der Waals surface area (Å²) in [5.41, 5.74) is 0.868. The summed E-state index contributed by atoms with van der Waals surface area (Å²) >= 11 is 0. The molecule has 0 saturated heterocycles. The Morgan fingerprint density at radius 2 is 1.41 bits per heavy atom. The third-order valence-corrected chi connectivity index (χ3v) is 5.39. The second kappa shape index (κ2) is 10.8. The molecule has 1 aromatic rings. The zero-order valence-corrected chi connectivity index (χ0v) is 14.8. The minimum atomic E-state index is -3.59. The van der Waals surface area contributed by atoms with E-state index in [9.17, 15) is 8.42 Å². The summed E-state index contributed by atoms with van der Waals surface area (Å²) in [4.78, 5) is 0.317. The van der Waals surface area contributed by atoms with Gasteiger partial charge in [0.2, 0.25) is 0 Å². The zero-order valence-electron chi connectivity index (χ0n) is 14.0. The summed E-state index contributed by atoms with van der Waals surface area (Å²) in [7, 11) is -2.38. The highest BCUT2D eigenvalue weighted by Crippen LogP contribution is 2.20. The lowest BCUT2D eigenvalue weighted by Gasteiger charge is -2.08. The standard InChI is InChI=1S/C18H30O3S/c1-3-4-5-6-7-8-9-10-11-14-17-15-12-13-16-18(17)22(19,20)21-2/h12-13,15-16H,3-11,14H2,1-2H3. The molecule has 1 rings (SSSR count). The van der Waals surface area contributed by atoms with Crippen molar-refractivity contribution in [3.8, 4) is 0 Å². The molecule has 0 N–H and O–H groups in total. The first-order chi connectivity index (χ1) is 10.6. The predicted molar refractivity (Wildman–Crippen MR) is 91.6 cm³/mol. The number of hydrogen-bond donors (Lipinski definition) is 0. The highest BCUT2D eigenvalue weighted by Gasteiger charge is 2.16. The highest BCUT2D eigenvalue weighted by molar-refractivity contribution is 7.86. The molecule has 126 valence electrons. The lowest BCUT2D eigenvalue weighted by molar-refractivity contribution is 0.397. The number of unbranched alkanes of at least 4 members (excludes halogenated alkanes) is 8. The van der Waals surface area contributed by atoms with Crippen LogP contribution in [-0.4, -0.2) is 15.5 Å². The first-order valence-corrected chi connectivity index (χ1v) is 9.91. The van der Waals surface area contributed by atoms with E-state index in [1.165, 1.54) is 52.1 Å². The van der Waals surface area contributed by atoms with Gasteiger partial charge in [0.05, 0.1) is 12.0 Å². The van der Waals surface area contributed by atoms with Crippen LogP contribution >= 0.6 is 0 Å². The van der Waals surface area contributed by atoms with Crippen molar-refractivity contribution in [2.75, 3.05) is 7.11 Å². The fourth-order valence-electron chi connectivity index (χ4n) is 2.67. The van der Waals surface area contributed by atoms with E-state index >= 15 is 0 Å². The van der Waals surface area contributed by atoms with Crippen LogP contribution in [0.15, 0.2) is 29.2 Å². The van der Waals surface area contributed by atoms with E-state index in [4.69, 9.17) is 0 Å². The minimum Gasteiger partial charge on any atom is -0.270 e. The van der Waals surface area contributed by atoms with Crippen molar-refractivity contribution in [2.45, 2.75) is 76.0 Å². The van der Waals surface area contributed by atoms with Gasteiger partial charge in [0.25, 0.3) is 10.1 Å². The maximum atomic E-state index is 11.9. The van der Waals surface area contributed by atoms with Gasteiger partial charge in [0.15, 0.2) is 0 Å². The van der Waals surface area contributed by atoms with Crippen LogP contribution in [0.1, 0.15) is 70.3 Å². The Bertz CT molecular complexity index is 509. The van der Waals surface area contributed by atoms with Crippen LogP contribution in [0.2, 0.25) is 0 Å². The Labute approximate surface area is 136 Å². The number of benzene rings is 1. The SMILES string of the molecule is CCCCCCCCCCCc1ccccc1S(=O)(=O)OC. The van der Waals surface area contributed by atoms with Crippen LogP contribution in [0.25, 0.3) is 0 Å². The van der Waals surface area contributed by atoms with Gasteiger partial charge in [-0.2, -0.15) is 8.42 Å². The summed E-state index contributed by atoms with van der Waals surface area (Å²) in [6.07, 6.45) is 12.2. The largest absolute Gasteiger partial charge is 0.296 e. The molecule has 3 nitrogen and oxygen atoms in total. The molecule has 0 bridgehead atoms. The van der Waals surface area contributed by atoms with E-state index < -0.39 is 10.1 Å². The van der Waals surface area contributed by atoms with Gasteiger partial charge in [-0.15, -0.1) is 0 Å². The van der Waals surface area contributed by atoms with Crippen LogP contribution in [0, 0.1) is 0 Å². The van der Waals surface area contributed by atoms with E-state index in [-0.39, 0.29) is 0 Å². The van der Waals surface area contributed by atoms with Gasteiger partial charge in [-0.05, 0) is 24.5 Å². The third-order valence-electron chi connectivity index (χ3n) is 4.01. The fourth-order valence-corrected chi connectivity index (χ4v) is 3.59. The predicted octanol–water partition coefficient (Wildman–Crippen LogP) is 5.10. The number of rotatable bonds is 12. The van der Waals surface area contributed by atoms with Crippen molar-refractivity contribution < 1.29 is 12.6 Å². The molecule has 22 heavy (non-hydrogen) atoms. The van der Waals surface area contributed by atoms with E-state index in [0.717, 1.165) is 24.8 Å². The average Bonchev–Trinajstić information content (AvgIpc) is 2.53. The zero-order chi connectivity index (χ0) is 16.3. The Kier molecular flexibility index (Phi) is 9.41. The third kappa shape index (κ3) is 6.93. The topological polar surface area (TPSA) is 43.4 Å². The Morgan fingerprint density at radius 1 is 0.864 bits per heavy atom. The normalized spacial score (nSPS) is 11.7. The van der Waals surface area contributed by atoms with Crippen molar-refractivity contribution in [1.29, 1.82) is 0 Å². The molecule has 4 heteroatoms. The van der Waals surface area contributed by atoms with E-state index in [1.807, 2.05) is 12.1 Å². The van der Waals surface area contributed by atoms with E-state index in [2.05, 4.69) is 11.1 Å². The maximum Gasteiger partial charge on any atom is 0.296 e. The molecule has 0 atom stereocenters. The molecule has 0 fully saturated rings. The molecule has 0 radical (unpaired) electrons. The molecule has 0 aliphatic carbocycles. The number of hydrogen-bond acceptors (Lipinski definition) is 3. The summed E-state index contributed by atoms with van der Waals surface area (Å²) in [6.45, 7) is 2.24. The van der Waals surface area contributed by atoms with Crippen LogP contribution in [-0.2, 0) is 20.7 Å². The number of aryl methyl sites for hydroxylation is 1. The lowest BCUT2D eigenvalue weighted by atomic mass is 10.0. The van der Waals surface area contributed by atoms with Gasteiger partial charge < -0.3 is 0 Å². The van der Waals surface area contributed by atoms with Crippen molar-refractivity contribution in [3.63, 3.8) is 0 Å². The van der Waals surface area contributed by atoms with Crippen molar-refractivity contribution in [1.82, 2.24) is 0 Å². The first-order valence-electron chi connectivity index (χ1n) is 8.50. The minimum absolute atomic E-state index is 0.317. The van der Waals surface area contributed by atoms with Crippen molar-refractivity contribution in [3.05, 3.63) is 29.8 Å². The van der Waals surface area contributed by atoms with Gasteiger partial charge in [0.1, 0.15) is 0 Å². The second-order valence-electron chi connectivity index (χ2n) is 5.81. The maximum absolute atomic E-state index is 11.9. The van der Waals surface area contributed by atoms with Gasteiger partial charge in [-0.3, -0.25) is 4.18 Å². The van der Waals surface area contributed by atoms with Gasteiger partial charge in [-0.1, -0.05) is 76.5 Å². The molecule has 0 unspecified atom stereocenters. The van der Waals surface area contributed by atoms with Crippen LogP contribution in [0.3, 0.4) is 0 Å². The summed E-state index contributed by atoms with van der Waals surface area (Å²) in [6, 6.07) is 7.14. The van der Waals surface area contributed by atoms with Crippen LogP contribution in [0.5, 0.6) is 0 Å². The molecule has 0 amide bonds. The Morgan fingerprint density at radius 3 is 2.00 bits per heavy atom. The molecule has 0 aliphatic heterocycles. The lowest BCUT2D eigenvalue weighted by Crippen LogP contribution is -2.06. The highest BCUT2D eigenvalue weighted by atomic mass is 32.2. The second-order valence-corrected chi connectivity index (χ2v) is 7.49. The molecule has 0 aliphatic rings. The van der Waals surface area contributed by atoms with Crippen molar-refractivity contribution in [2.24, 2.45) is 0 Å². The van der Waals surface area contributed by atoms with Crippen LogP contribution in [0.4, 0.5) is 0 Å². The van der Waals surface area contributed by atoms with Crippen molar-refractivity contribution >= 4 is 10.1 Å². The van der Waals surface area contributed by atoms with Gasteiger partial charge in [-0.25, -0.2) is 0 Å². The fraction of sp³-hybridized carbons (Fsp3) is 0.667. The summed E-state index contributed by atoms with van der Waals surface area (Å²) in [5, 5.41) is 0. The quantitative estimate of drug-likeness (QED) is 0.397. The Balaban J connectivity index is 2.29. The van der Waals surface area contributed by atoms with E-state index in [1.54, 1.807) is 12.1 Å².